The Morgan fingerprint density at radius 3 is 2.62 bits per heavy atom. The van der Waals surface area contributed by atoms with Gasteiger partial charge in [0, 0.05) is 12.3 Å². The average Bonchev–Trinajstić information content (AvgIpc) is 2.87. The molecule has 0 aliphatic heterocycles. The summed E-state index contributed by atoms with van der Waals surface area (Å²) in [6.07, 6.45) is 7.23. The molecule has 88 valence electrons. The van der Waals surface area contributed by atoms with E-state index in [1.807, 2.05) is 0 Å². The summed E-state index contributed by atoms with van der Waals surface area (Å²) in [7, 11) is 0. The summed E-state index contributed by atoms with van der Waals surface area (Å²) < 4.78 is 5.72. The van der Waals surface area contributed by atoms with Crippen molar-refractivity contribution >= 4 is 0 Å². The third-order valence-corrected chi connectivity index (χ3v) is 4.02. The van der Waals surface area contributed by atoms with E-state index >= 15 is 0 Å². The molecule has 4 heteroatoms. The lowest BCUT2D eigenvalue weighted by atomic mass is 10.0. The maximum atomic E-state index is 5.72. The molecular formula is C12H19N3O. The highest BCUT2D eigenvalue weighted by molar-refractivity contribution is 5.14. The van der Waals surface area contributed by atoms with Gasteiger partial charge < -0.3 is 10.2 Å². The number of fused-ring (bicyclic) bond motifs is 1. The number of rotatable bonds is 4. The number of hydrogen-bond acceptors (Lipinski definition) is 4. The molecule has 2 unspecified atom stereocenters. The number of nitrogens with zero attached hydrogens (tertiary/aromatic N) is 2. The van der Waals surface area contributed by atoms with E-state index in [-0.39, 0.29) is 0 Å². The molecule has 0 aromatic carbocycles. The molecule has 1 aromatic rings. The quantitative estimate of drug-likeness (QED) is 0.842. The molecule has 0 bridgehead atoms. The van der Waals surface area contributed by atoms with E-state index in [0.717, 1.165) is 36.5 Å². The van der Waals surface area contributed by atoms with Crippen LogP contribution in [0.3, 0.4) is 0 Å². The van der Waals surface area contributed by atoms with Crippen LogP contribution in [-0.4, -0.2) is 16.7 Å². The second-order valence-electron chi connectivity index (χ2n) is 5.06. The van der Waals surface area contributed by atoms with Crippen LogP contribution in [0.15, 0.2) is 4.42 Å². The van der Waals surface area contributed by atoms with Gasteiger partial charge in [-0.15, -0.1) is 10.2 Å². The molecule has 1 heterocycles. The first kappa shape index (κ1) is 10.3. The third-order valence-electron chi connectivity index (χ3n) is 4.02. The third kappa shape index (κ3) is 1.75. The summed E-state index contributed by atoms with van der Waals surface area (Å²) in [4.78, 5) is 0. The van der Waals surface area contributed by atoms with E-state index in [2.05, 4.69) is 10.2 Å². The van der Waals surface area contributed by atoms with Crippen molar-refractivity contribution in [3.05, 3.63) is 11.8 Å². The molecule has 0 saturated heterocycles. The molecule has 0 spiro atoms. The highest BCUT2D eigenvalue weighted by Gasteiger charge is 2.54. The van der Waals surface area contributed by atoms with Crippen molar-refractivity contribution in [3.63, 3.8) is 0 Å². The topological polar surface area (TPSA) is 64.9 Å². The highest BCUT2D eigenvalue weighted by Crippen LogP contribution is 2.60. The largest absolute Gasteiger partial charge is 0.425 e. The minimum absolute atomic E-state index is 0.585. The Morgan fingerprint density at radius 1 is 1.19 bits per heavy atom. The van der Waals surface area contributed by atoms with Crippen molar-refractivity contribution < 1.29 is 4.42 Å². The zero-order valence-electron chi connectivity index (χ0n) is 9.56. The van der Waals surface area contributed by atoms with Crippen LogP contribution in [0.25, 0.3) is 0 Å². The normalized spacial score (nSPS) is 32.4. The van der Waals surface area contributed by atoms with Crippen LogP contribution in [0.1, 0.15) is 49.8 Å². The van der Waals surface area contributed by atoms with E-state index in [1.165, 1.54) is 25.7 Å². The van der Waals surface area contributed by atoms with Crippen LogP contribution in [0.5, 0.6) is 0 Å². The van der Waals surface area contributed by atoms with Gasteiger partial charge in [0.05, 0.1) is 0 Å². The monoisotopic (exact) mass is 221 g/mol. The van der Waals surface area contributed by atoms with Crippen LogP contribution in [0.2, 0.25) is 0 Å². The SMILES string of the molecule is NCCCc1nnc(C2C3CCCCC32)o1. The van der Waals surface area contributed by atoms with Gasteiger partial charge in [-0.2, -0.15) is 0 Å². The first-order valence-electron chi connectivity index (χ1n) is 6.42. The van der Waals surface area contributed by atoms with Crippen LogP contribution in [0, 0.1) is 11.8 Å². The van der Waals surface area contributed by atoms with Gasteiger partial charge in [0.15, 0.2) is 0 Å². The summed E-state index contributed by atoms with van der Waals surface area (Å²) in [6, 6.07) is 0. The average molecular weight is 221 g/mol. The van der Waals surface area contributed by atoms with Crippen LogP contribution >= 0.6 is 0 Å². The molecule has 3 rings (SSSR count). The van der Waals surface area contributed by atoms with E-state index in [9.17, 15) is 0 Å². The Kier molecular flexibility index (Phi) is 2.67. The second kappa shape index (κ2) is 4.17. The molecule has 2 fully saturated rings. The van der Waals surface area contributed by atoms with Gasteiger partial charge in [0.25, 0.3) is 0 Å². The maximum Gasteiger partial charge on any atom is 0.220 e. The fourth-order valence-electron chi connectivity index (χ4n) is 3.11. The molecule has 2 saturated carbocycles. The number of aromatic nitrogens is 2. The lowest BCUT2D eigenvalue weighted by molar-refractivity contribution is 0.438. The van der Waals surface area contributed by atoms with Gasteiger partial charge in [-0.05, 0) is 37.6 Å². The van der Waals surface area contributed by atoms with Crippen LogP contribution in [-0.2, 0) is 6.42 Å². The number of nitrogens with two attached hydrogens (primary N) is 1. The molecular weight excluding hydrogens is 202 g/mol. The van der Waals surface area contributed by atoms with Gasteiger partial charge in [0.1, 0.15) is 0 Å². The summed E-state index contributed by atoms with van der Waals surface area (Å²) in [5.41, 5.74) is 5.46. The zero-order chi connectivity index (χ0) is 11.0. The fourth-order valence-corrected chi connectivity index (χ4v) is 3.11. The fraction of sp³-hybridized carbons (Fsp3) is 0.833. The van der Waals surface area contributed by atoms with Crippen molar-refractivity contribution in [1.82, 2.24) is 10.2 Å². The van der Waals surface area contributed by atoms with Crippen molar-refractivity contribution in [2.45, 2.75) is 44.4 Å². The number of hydrogen-bond donors (Lipinski definition) is 1. The molecule has 0 amide bonds. The van der Waals surface area contributed by atoms with Crippen molar-refractivity contribution in [1.29, 1.82) is 0 Å². The van der Waals surface area contributed by atoms with Crippen LogP contribution < -0.4 is 5.73 Å². The zero-order valence-corrected chi connectivity index (χ0v) is 9.56. The van der Waals surface area contributed by atoms with Gasteiger partial charge in [-0.25, -0.2) is 0 Å². The molecule has 2 aliphatic carbocycles. The summed E-state index contributed by atoms with van der Waals surface area (Å²) in [5, 5.41) is 8.30. The summed E-state index contributed by atoms with van der Waals surface area (Å²) in [5.74, 6) is 3.93. The Bertz CT molecular complexity index is 351. The Labute approximate surface area is 95.6 Å². The minimum atomic E-state index is 0.585. The van der Waals surface area contributed by atoms with E-state index in [1.54, 1.807) is 0 Å². The first-order valence-corrected chi connectivity index (χ1v) is 6.42. The Balaban J connectivity index is 1.64. The molecule has 2 N–H and O–H groups in total. The molecule has 16 heavy (non-hydrogen) atoms. The minimum Gasteiger partial charge on any atom is -0.425 e. The van der Waals surface area contributed by atoms with E-state index in [0.29, 0.717) is 12.5 Å². The Morgan fingerprint density at radius 2 is 1.94 bits per heavy atom. The molecule has 1 aromatic heterocycles. The summed E-state index contributed by atoms with van der Waals surface area (Å²) >= 11 is 0. The lowest BCUT2D eigenvalue weighted by Gasteiger charge is -2.04. The highest BCUT2D eigenvalue weighted by atomic mass is 16.4. The first-order chi connectivity index (χ1) is 7.90. The predicted molar refractivity (Wildman–Crippen MR) is 59.9 cm³/mol. The standard InChI is InChI=1S/C12H19N3O/c13-7-3-6-10-14-15-12(16-10)11-8-4-1-2-5-9(8)11/h8-9,11H,1-7,13H2. The van der Waals surface area contributed by atoms with Gasteiger partial charge in [-0.3, -0.25) is 0 Å². The molecule has 2 atom stereocenters. The van der Waals surface area contributed by atoms with Gasteiger partial charge in [0.2, 0.25) is 11.8 Å². The molecule has 4 nitrogen and oxygen atoms in total. The number of aryl methyl sites for hydroxylation is 1. The van der Waals surface area contributed by atoms with Crippen molar-refractivity contribution in [2.75, 3.05) is 6.54 Å². The Hall–Kier alpha value is -0.900. The van der Waals surface area contributed by atoms with Crippen molar-refractivity contribution in [2.24, 2.45) is 17.6 Å². The molecule has 2 aliphatic rings. The van der Waals surface area contributed by atoms with Gasteiger partial charge in [-0.1, -0.05) is 12.8 Å². The van der Waals surface area contributed by atoms with Crippen molar-refractivity contribution in [3.8, 4) is 0 Å². The smallest absolute Gasteiger partial charge is 0.220 e. The van der Waals surface area contributed by atoms with Crippen LogP contribution in [0.4, 0.5) is 0 Å². The predicted octanol–water partition coefficient (Wildman–Crippen LogP) is 1.86. The lowest BCUT2D eigenvalue weighted by Crippen LogP contribution is -2.00. The van der Waals surface area contributed by atoms with E-state index < -0.39 is 0 Å². The second-order valence-corrected chi connectivity index (χ2v) is 5.06. The molecule has 0 radical (unpaired) electrons. The summed E-state index contributed by atoms with van der Waals surface area (Å²) in [6.45, 7) is 0.687. The maximum absolute atomic E-state index is 5.72. The van der Waals surface area contributed by atoms with Gasteiger partial charge >= 0.3 is 0 Å². The van der Waals surface area contributed by atoms with E-state index in [4.69, 9.17) is 10.2 Å².